The standard InChI is InChI=1S/C17H24N6O2S/c1-2-3-8-13-22-15-16(23(13)11-5-4-10-20-26(24)25)14-12(21-17(15)18)7-6-9-19-14/h6-7,9,20H,2-5,8,10-11H2,1H3,(H2,18,21)(H,24,25). The first kappa shape index (κ1) is 18.7. The first-order chi connectivity index (χ1) is 12.6. The Balaban J connectivity index is 1.97. The van der Waals surface area contributed by atoms with Gasteiger partial charge in [0.05, 0.1) is 5.52 Å². The fraction of sp³-hybridized carbons (Fsp3) is 0.471. The maximum atomic E-state index is 10.7. The van der Waals surface area contributed by atoms with Crippen LogP contribution >= 0.6 is 0 Å². The summed E-state index contributed by atoms with van der Waals surface area (Å²) in [5, 5.41) is 0. The number of imidazole rings is 1. The van der Waals surface area contributed by atoms with Crippen molar-refractivity contribution in [2.24, 2.45) is 0 Å². The van der Waals surface area contributed by atoms with E-state index in [0.29, 0.717) is 17.9 Å². The number of aromatic nitrogens is 4. The Labute approximate surface area is 154 Å². The van der Waals surface area contributed by atoms with E-state index in [1.54, 1.807) is 6.20 Å². The molecule has 0 saturated carbocycles. The van der Waals surface area contributed by atoms with Crippen LogP contribution in [0, 0.1) is 0 Å². The van der Waals surface area contributed by atoms with Gasteiger partial charge in [-0.1, -0.05) is 13.3 Å². The van der Waals surface area contributed by atoms with Gasteiger partial charge < -0.3 is 10.3 Å². The molecule has 0 bridgehead atoms. The zero-order valence-electron chi connectivity index (χ0n) is 14.8. The van der Waals surface area contributed by atoms with Crippen molar-refractivity contribution >= 4 is 39.2 Å². The SMILES string of the molecule is CCCCc1nc2c(N)nc3cccnc3c2n1CCCCNS(=O)O. The van der Waals surface area contributed by atoms with Crippen molar-refractivity contribution < 1.29 is 8.76 Å². The number of nitrogens with two attached hydrogens (primary N) is 1. The van der Waals surface area contributed by atoms with Crippen molar-refractivity contribution in [3.8, 4) is 0 Å². The lowest BCUT2D eigenvalue weighted by Crippen LogP contribution is -2.17. The van der Waals surface area contributed by atoms with Gasteiger partial charge in [0.1, 0.15) is 22.4 Å². The van der Waals surface area contributed by atoms with Crippen LogP contribution in [0.25, 0.3) is 22.1 Å². The largest absolute Gasteiger partial charge is 0.382 e. The van der Waals surface area contributed by atoms with E-state index in [4.69, 9.17) is 15.3 Å². The number of aryl methyl sites for hydroxylation is 2. The Kier molecular flexibility index (Phi) is 6.12. The summed E-state index contributed by atoms with van der Waals surface area (Å²) in [5.41, 5.74) is 9.36. The summed E-state index contributed by atoms with van der Waals surface area (Å²) in [7, 11) is 0. The number of nitrogen functional groups attached to an aromatic ring is 1. The van der Waals surface area contributed by atoms with E-state index in [2.05, 4.69) is 26.2 Å². The van der Waals surface area contributed by atoms with Gasteiger partial charge in [0, 0.05) is 25.7 Å². The van der Waals surface area contributed by atoms with E-state index < -0.39 is 11.3 Å². The predicted molar refractivity (Wildman–Crippen MR) is 104 cm³/mol. The molecule has 3 aromatic heterocycles. The summed E-state index contributed by atoms with van der Waals surface area (Å²) in [6.45, 7) is 3.40. The van der Waals surface area contributed by atoms with E-state index in [1.165, 1.54) is 0 Å². The van der Waals surface area contributed by atoms with Gasteiger partial charge in [-0.25, -0.2) is 18.9 Å². The molecule has 0 radical (unpaired) electrons. The molecule has 1 unspecified atom stereocenters. The molecule has 0 aliphatic carbocycles. The van der Waals surface area contributed by atoms with Crippen molar-refractivity contribution in [1.29, 1.82) is 0 Å². The fourth-order valence-electron chi connectivity index (χ4n) is 3.09. The van der Waals surface area contributed by atoms with Crippen molar-refractivity contribution in [2.75, 3.05) is 12.3 Å². The molecule has 3 heterocycles. The minimum absolute atomic E-state index is 0.425. The molecule has 0 fully saturated rings. The average molecular weight is 376 g/mol. The van der Waals surface area contributed by atoms with E-state index in [9.17, 15) is 4.21 Å². The predicted octanol–water partition coefficient (Wildman–Crippen LogP) is 2.41. The third-order valence-corrected chi connectivity index (χ3v) is 4.78. The number of unbranched alkanes of at least 4 members (excludes halogenated alkanes) is 2. The maximum absolute atomic E-state index is 10.7. The zero-order valence-corrected chi connectivity index (χ0v) is 15.6. The Morgan fingerprint density at radius 3 is 2.88 bits per heavy atom. The van der Waals surface area contributed by atoms with E-state index in [-0.39, 0.29) is 0 Å². The van der Waals surface area contributed by atoms with Crippen LogP contribution in [-0.4, -0.2) is 34.8 Å². The normalized spacial score (nSPS) is 12.8. The summed E-state index contributed by atoms with van der Waals surface area (Å²) in [5.74, 6) is 1.42. The summed E-state index contributed by atoms with van der Waals surface area (Å²) < 4.78 is 24.2. The van der Waals surface area contributed by atoms with Crippen LogP contribution in [0.2, 0.25) is 0 Å². The topological polar surface area (TPSA) is 119 Å². The molecular weight excluding hydrogens is 352 g/mol. The van der Waals surface area contributed by atoms with E-state index in [1.807, 2.05) is 12.1 Å². The summed E-state index contributed by atoms with van der Waals surface area (Å²) in [6.07, 6.45) is 6.40. The van der Waals surface area contributed by atoms with Gasteiger partial charge in [-0.3, -0.25) is 9.54 Å². The van der Waals surface area contributed by atoms with Gasteiger partial charge in [-0.05, 0) is 31.4 Å². The minimum Gasteiger partial charge on any atom is -0.382 e. The minimum atomic E-state index is -1.96. The van der Waals surface area contributed by atoms with Crippen LogP contribution in [0.15, 0.2) is 18.3 Å². The van der Waals surface area contributed by atoms with Crippen molar-refractivity contribution in [1.82, 2.24) is 24.2 Å². The van der Waals surface area contributed by atoms with Gasteiger partial charge in [0.2, 0.25) is 11.3 Å². The lowest BCUT2D eigenvalue weighted by Gasteiger charge is -2.10. The molecule has 0 aromatic carbocycles. The molecule has 0 aliphatic heterocycles. The molecule has 0 saturated heterocycles. The Morgan fingerprint density at radius 2 is 2.12 bits per heavy atom. The van der Waals surface area contributed by atoms with Crippen LogP contribution < -0.4 is 10.5 Å². The summed E-state index contributed by atoms with van der Waals surface area (Å²) in [6, 6.07) is 3.75. The van der Waals surface area contributed by atoms with Crippen LogP contribution in [0.5, 0.6) is 0 Å². The highest BCUT2D eigenvalue weighted by atomic mass is 32.2. The number of hydrogen-bond donors (Lipinski definition) is 3. The second kappa shape index (κ2) is 8.52. The molecule has 26 heavy (non-hydrogen) atoms. The van der Waals surface area contributed by atoms with Gasteiger partial charge in [0.15, 0.2) is 5.82 Å². The summed E-state index contributed by atoms with van der Waals surface area (Å²) in [4.78, 5) is 13.7. The smallest absolute Gasteiger partial charge is 0.231 e. The van der Waals surface area contributed by atoms with Crippen molar-refractivity contribution in [3.63, 3.8) is 0 Å². The third-order valence-electron chi connectivity index (χ3n) is 4.33. The second-order valence-corrected chi connectivity index (χ2v) is 6.99. The van der Waals surface area contributed by atoms with Crippen LogP contribution in [-0.2, 0) is 24.2 Å². The monoisotopic (exact) mass is 376 g/mol. The lowest BCUT2D eigenvalue weighted by molar-refractivity contribution is 0.538. The molecule has 4 N–H and O–H groups in total. The zero-order chi connectivity index (χ0) is 18.5. The molecule has 8 nitrogen and oxygen atoms in total. The second-order valence-electron chi connectivity index (χ2n) is 6.20. The number of hydrogen-bond acceptors (Lipinski definition) is 5. The fourth-order valence-corrected chi connectivity index (χ4v) is 3.41. The molecule has 9 heteroatoms. The highest BCUT2D eigenvalue weighted by Crippen LogP contribution is 2.28. The highest BCUT2D eigenvalue weighted by molar-refractivity contribution is 7.77. The molecule has 0 amide bonds. The summed E-state index contributed by atoms with van der Waals surface area (Å²) >= 11 is -1.96. The number of nitrogens with zero attached hydrogens (tertiary/aromatic N) is 4. The molecule has 3 aromatic rings. The van der Waals surface area contributed by atoms with Gasteiger partial charge in [-0.15, -0.1) is 0 Å². The highest BCUT2D eigenvalue weighted by Gasteiger charge is 2.17. The van der Waals surface area contributed by atoms with Crippen LogP contribution in [0.4, 0.5) is 5.82 Å². The van der Waals surface area contributed by atoms with E-state index >= 15 is 0 Å². The Bertz CT molecular complexity index is 926. The van der Waals surface area contributed by atoms with Crippen molar-refractivity contribution in [3.05, 3.63) is 24.2 Å². The molecule has 0 aliphatic rings. The lowest BCUT2D eigenvalue weighted by atomic mass is 10.2. The number of rotatable bonds is 9. The number of anilines is 1. The van der Waals surface area contributed by atoms with Crippen LogP contribution in [0.3, 0.4) is 0 Å². The Hall–Kier alpha value is -2.10. The van der Waals surface area contributed by atoms with Crippen molar-refractivity contribution in [2.45, 2.75) is 45.6 Å². The average Bonchev–Trinajstić information content (AvgIpc) is 2.99. The first-order valence-corrected chi connectivity index (χ1v) is 9.96. The third kappa shape index (κ3) is 4.00. The van der Waals surface area contributed by atoms with Gasteiger partial charge >= 0.3 is 0 Å². The molecule has 140 valence electrons. The number of fused-ring (bicyclic) bond motifs is 3. The first-order valence-electron chi connectivity index (χ1n) is 8.85. The van der Waals surface area contributed by atoms with Crippen LogP contribution in [0.1, 0.15) is 38.4 Å². The maximum Gasteiger partial charge on any atom is 0.231 e. The molecule has 1 atom stereocenters. The van der Waals surface area contributed by atoms with Gasteiger partial charge in [-0.2, -0.15) is 0 Å². The quantitative estimate of drug-likeness (QED) is 0.390. The molecular formula is C17H24N6O2S. The van der Waals surface area contributed by atoms with E-state index in [0.717, 1.165) is 61.0 Å². The molecule has 0 spiro atoms. The van der Waals surface area contributed by atoms with Gasteiger partial charge in [0.25, 0.3) is 0 Å². The number of pyridine rings is 2. The number of nitrogens with one attached hydrogen (secondary N) is 1. The Morgan fingerprint density at radius 1 is 1.27 bits per heavy atom. The molecule has 3 rings (SSSR count).